The molecular weight excluding hydrogens is 376 g/mol. The summed E-state index contributed by atoms with van der Waals surface area (Å²) in [6.07, 6.45) is 3.52. The van der Waals surface area contributed by atoms with Crippen molar-refractivity contribution in [3.63, 3.8) is 0 Å². The number of hydrogen-bond donors (Lipinski definition) is 2. The summed E-state index contributed by atoms with van der Waals surface area (Å²) in [5.74, 6) is 5.65. The Morgan fingerprint density at radius 3 is 2.67 bits per heavy atom. The molecule has 0 atom stereocenters. The highest BCUT2D eigenvalue weighted by molar-refractivity contribution is 6.37. The summed E-state index contributed by atoms with van der Waals surface area (Å²) in [4.78, 5) is 17.5. The third-order valence-corrected chi connectivity index (χ3v) is 4.27. The van der Waals surface area contributed by atoms with Crippen molar-refractivity contribution in [3.8, 4) is 17.3 Å². The molecule has 1 aromatic carbocycles. The summed E-state index contributed by atoms with van der Waals surface area (Å²) in [6, 6.07) is 16.8. The van der Waals surface area contributed by atoms with E-state index < -0.39 is 0 Å². The monoisotopic (exact) mass is 398 g/mol. The minimum absolute atomic E-state index is 0.0772. The fourth-order valence-electron chi connectivity index (χ4n) is 2.90. The minimum atomic E-state index is 0.0772. The number of nitrogen functional groups attached to an aromatic ring is 1. The van der Waals surface area contributed by atoms with Crippen molar-refractivity contribution in [1.29, 1.82) is 5.26 Å². The van der Waals surface area contributed by atoms with Crippen LogP contribution in [0, 0.1) is 11.3 Å². The minimum Gasteiger partial charge on any atom is -0.368 e. The van der Waals surface area contributed by atoms with Crippen LogP contribution < -0.4 is 11.6 Å². The quantitative estimate of drug-likeness (QED) is 0.356. The van der Waals surface area contributed by atoms with Gasteiger partial charge in [-0.2, -0.15) is 10.4 Å². The first-order valence-electron chi connectivity index (χ1n) is 9.51. The molecule has 3 rings (SSSR count). The topological polar surface area (TPSA) is 139 Å². The van der Waals surface area contributed by atoms with Gasteiger partial charge in [0.2, 0.25) is 5.95 Å². The Bertz CT molecular complexity index is 1130. The lowest BCUT2D eigenvalue weighted by Gasteiger charge is -2.06. The summed E-state index contributed by atoms with van der Waals surface area (Å²) >= 11 is 0. The van der Waals surface area contributed by atoms with E-state index in [1.165, 1.54) is 0 Å². The van der Waals surface area contributed by atoms with Crippen molar-refractivity contribution >= 4 is 17.9 Å². The van der Waals surface area contributed by atoms with Crippen LogP contribution in [0.4, 0.5) is 5.95 Å². The van der Waals surface area contributed by atoms with Crippen LogP contribution in [0.2, 0.25) is 0 Å². The molecule has 0 unspecified atom stereocenters. The van der Waals surface area contributed by atoms with E-state index in [1.807, 2.05) is 24.3 Å². The number of pyridine rings is 1. The summed E-state index contributed by atoms with van der Waals surface area (Å²) in [6.45, 7) is 2.52. The lowest BCUT2D eigenvalue weighted by molar-refractivity contribution is 0.857. The molecule has 150 valence electrons. The molecule has 0 spiro atoms. The van der Waals surface area contributed by atoms with Crippen LogP contribution in [0.25, 0.3) is 11.3 Å². The average Bonchev–Trinajstić information content (AvgIpc) is 2.77. The number of rotatable bonds is 7. The Morgan fingerprint density at radius 2 is 1.90 bits per heavy atom. The van der Waals surface area contributed by atoms with Crippen molar-refractivity contribution in [2.45, 2.75) is 26.3 Å². The predicted octanol–water partition coefficient (Wildman–Crippen LogP) is 2.88. The molecule has 0 saturated carbocycles. The van der Waals surface area contributed by atoms with E-state index in [4.69, 9.17) is 16.8 Å². The van der Waals surface area contributed by atoms with Crippen molar-refractivity contribution < 1.29 is 0 Å². The van der Waals surface area contributed by atoms with Crippen LogP contribution in [-0.2, 0) is 13.0 Å². The van der Waals surface area contributed by atoms with Crippen LogP contribution in [0.15, 0.2) is 58.6 Å². The van der Waals surface area contributed by atoms with E-state index in [-0.39, 0.29) is 5.95 Å². The highest BCUT2D eigenvalue weighted by Crippen LogP contribution is 2.20. The molecule has 0 aliphatic rings. The van der Waals surface area contributed by atoms with E-state index in [9.17, 15) is 0 Å². The van der Waals surface area contributed by atoms with Crippen LogP contribution in [0.1, 0.15) is 36.0 Å². The van der Waals surface area contributed by atoms with Gasteiger partial charge in [0.1, 0.15) is 5.71 Å². The van der Waals surface area contributed by atoms with E-state index in [1.54, 1.807) is 30.5 Å². The summed E-state index contributed by atoms with van der Waals surface area (Å²) in [5, 5.41) is 12.9. The van der Waals surface area contributed by atoms with Crippen molar-refractivity contribution in [3.05, 3.63) is 71.2 Å². The molecule has 4 N–H and O–H groups in total. The van der Waals surface area contributed by atoms with Gasteiger partial charge in [-0.15, -0.1) is 0 Å². The van der Waals surface area contributed by atoms with Crippen LogP contribution >= 0.6 is 0 Å². The molecule has 0 bridgehead atoms. The Balaban J connectivity index is 1.83. The molecular formula is C22H22N8. The molecule has 30 heavy (non-hydrogen) atoms. The molecule has 3 aromatic rings. The van der Waals surface area contributed by atoms with Gasteiger partial charge in [0.15, 0.2) is 0 Å². The molecule has 0 radical (unpaired) electrons. The fraction of sp³-hybridized carbons (Fsp3) is 0.182. The van der Waals surface area contributed by atoms with Crippen molar-refractivity contribution in [2.24, 2.45) is 15.9 Å². The first kappa shape index (κ1) is 20.6. The lowest BCUT2D eigenvalue weighted by atomic mass is 10.1. The zero-order chi connectivity index (χ0) is 21.3. The Kier molecular flexibility index (Phi) is 6.79. The maximum absolute atomic E-state index is 9.12. The molecule has 0 aliphatic heterocycles. The number of benzene rings is 1. The van der Waals surface area contributed by atoms with E-state index in [0.717, 1.165) is 29.8 Å². The number of hydrogen-bond acceptors (Lipinski definition) is 8. The second kappa shape index (κ2) is 9.89. The Labute approximate surface area is 175 Å². The maximum atomic E-state index is 9.12. The first-order chi connectivity index (χ1) is 14.6. The normalized spacial score (nSPS) is 11.5. The van der Waals surface area contributed by atoms with Gasteiger partial charge in [0.05, 0.1) is 41.5 Å². The van der Waals surface area contributed by atoms with Gasteiger partial charge in [-0.3, -0.25) is 9.98 Å². The van der Waals surface area contributed by atoms with Crippen LogP contribution in [0.5, 0.6) is 0 Å². The molecule has 8 nitrogen and oxygen atoms in total. The van der Waals surface area contributed by atoms with E-state index in [0.29, 0.717) is 29.2 Å². The molecule has 0 saturated heterocycles. The van der Waals surface area contributed by atoms with Gasteiger partial charge in [0.25, 0.3) is 0 Å². The highest BCUT2D eigenvalue weighted by atomic mass is 15.1. The third-order valence-electron chi connectivity index (χ3n) is 4.27. The number of nitriles is 1. The van der Waals surface area contributed by atoms with Crippen LogP contribution in [-0.4, -0.2) is 26.9 Å². The van der Waals surface area contributed by atoms with Gasteiger partial charge in [-0.05, 0) is 36.8 Å². The standard InChI is InChI=1S/C22H22N8/c1-2-5-17-8-4-9-18(27-17)13-26-14-21(30-25)20-11-19(28-22(24)29-20)16-7-3-6-15(10-16)12-23/h3-4,6-11,14H,2,5,13,25H2,1H3,(H2,24,28,29). The summed E-state index contributed by atoms with van der Waals surface area (Å²) < 4.78 is 0. The van der Waals surface area contributed by atoms with Crippen molar-refractivity contribution in [1.82, 2.24) is 15.0 Å². The second-order valence-electron chi connectivity index (χ2n) is 6.54. The SMILES string of the molecule is CCCc1cccc(CN=CC(=NN)c2cc(-c3cccc(C#N)c3)nc(N)n2)n1. The summed E-state index contributed by atoms with van der Waals surface area (Å²) in [5.41, 5.74) is 10.4. The molecule has 0 fully saturated rings. The predicted molar refractivity (Wildman–Crippen MR) is 118 cm³/mol. The van der Waals surface area contributed by atoms with E-state index >= 15 is 0 Å². The maximum Gasteiger partial charge on any atom is 0.221 e. The van der Waals surface area contributed by atoms with Crippen LogP contribution in [0.3, 0.4) is 0 Å². The number of aryl methyl sites for hydroxylation is 1. The fourth-order valence-corrected chi connectivity index (χ4v) is 2.90. The first-order valence-corrected chi connectivity index (χ1v) is 9.51. The largest absolute Gasteiger partial charge is 0.368 e. The van der Waals surface area contributed by atoms with Gasteiger partial charge in [-0.25, -0.2) is 9.97 Å². The average molecular weight is 398 g/mol. The third kappa shape index (κ3) is 5.23. The zero-order valence-electron chi connectivity index (χ0n) is 16.7. The zero-order valence-corrected chi connectivity index (χ0v) is 16.7. The van der Waals surface area contributed by atoms with Crippen molar-refractivity contribution in [2.75, 3.05) is 5.73 Å². The number of aromatic nitrogens is 3. The highest BCUT2D eigenvalue weighted by Gasteiger charge is 2.10. The van der Waals surface area contributed by atoms with Gasteiger partial charge in [-0.1, -0.05) is 31.5 Å². The molecule has 2 heterocycles. The number of nitrogens with zero attached hydrogens (tertiary/aromatic N) is 6. The Hall–Kier alpha value is -4.12. The molecule has 0 aliphatic carbocycles. The number of aliphatic imine (C=N–C) groups is 1. The van der Waals surface area contributed by atoms with Gasteiger partial charge < -0.3 is 11.6 Å². The number of anilines is 1. The molecule has 2 aromatic heterocycles. The smallest absolute Gasteiger partial charge is 0.221 e. The second-order valence-corrected chi connectivity index (χ2v) is 6.54. The molecule has 8 heteroatoms. The van der Waals surface area contributed by atoms with E-state index in [2.05, 4.69) is 38.0 Å². The summed E-state index contributed by atoms with van der Waals surface area (Å²) in [7, 11) is 0. The number of nitrogens with two attached hydrogens (primary N) is 2. The lowest BCUT2D eigenvalue weighted by Crippen LogP contribution is -2.11. The van der Waals surface area contributed by atoms with Gasteiger partial charge in [0, 0.05) is 11.3 Å². The van der Waals surface area contributed by atoms with Gasteiger partial charge >= 0.3 is 0 Å². The molecule has 0 amide bonds. The number of hydrazone groups is 1. The Morgan fingerprint density at radius 1 is 1.10 bits per heavy atom.